The smallest absolute Gasteiger partial charge is 0.166 e. The van der Waals surface area contributed by atoms with E-state index >= 15 is 0 Å². The van der Waals surface area contributed by atoms with E-state index in [0.29, 0.717) is 6.04 Å². The number of nitrogens with zero attached hydrogens (tertiary/aromatic N) is 3. The molecule has 0 aromatic carbocycles. The third kappa shape index (κ3) is 1.95. The van der Waals surface area contributed by atoms with Crippen LogP contribution in [0.1, 0.15) is 38.1 Å². The molecular weight excluding hydrogens is 232 g/mol. The van der Waals surface area contributed by atoms with Gasteiger partial charge in [0.1, 0.15) is 6.33 Å². The fourth-order valence-corrected chi connectivity index (χ4v) is 3.20. The summed E-state index contributed by atoms with van der Waals surface area (Å²) in [6.45, 7) is 0. The zero-order chi connectivity index (χ0) is 11.7. The van der Waals surface area contributed by atoms with Crippen LogP contribution in [0.5, 0.6) is 0 Å². The van der Waals surface area contributed by atoms with Crippen molar-refractivity contribution in [1.82, 2.24) is 14.8 Å². The van der Waals surface area contributed by atoms with Crippen molar-refractivity contribution in [3.63, 3.8) is 0 Å². The van der Waals surface area contributed by atoms with Crippen molar-refractivity contribution in [2.24, 2.45) is 0 Å². The van der Waals surface area contributed by atoms with Gasteiger partial charge in [-0.25, -0.2) is 0 Å². The highest BCUT2D eigenvalue weighted by molar-refractivity contribution is 7.14. The molecule has 17 heavy (non-hydrogen) atoms. The first-order valence-corrected chi connectivity index (χ1v) is 6.97. The van der Waals surface area contributed by atoms with Crippen LogP contribution in [0.15, 0.2) is 17.8 Å². The standard InChI is InChI=1S/C12H16N4S/c13-11-10(6-7-17-11)12-15-14-8-16(12)9-4-2-1-3-5-9/h6-9H,1-5,13H2. The number of nitrogen functional groups attached to an aromatic ring is 1. The Labute approximate surface area is 104 Å². The topological polar surface area (TPSA) is 56.7 Å². The van der Waals surface area contributed by atoms with Crippen LogP contribution in [0.25, 0.3) is 11.4 Å². The Morgan fingerprint density at radius 1 is 1.29 bits per heavy atom. The largest absolute Gasteiger partial charge is 0.390 e. The van der Waals surface area contributed by atoms with Crippen LogP contribution in [0, 0.1) is 0 Å². The van der Waals surface area contributed by atoms with E-state index in [0.717, 1.165) is 16.4 Å². The minimum absolute atomic E-state index is 0.549. The molecule has 3 rings (SSSR count). The van der Waals surface area contributed by atoms with Crippen molar-refractivity contribution in [1.29, 1.82) is 0 Å². The Bertz CT molecular complexity index is 496. The second-order valence-electron chi connectivity index (χ2n) is 4.55. The molecule has 1 saturated carbocycles. The molecule has 2 aromatic heterocycles. The molecular formula is C12H16N4S. The molecule has 0 atom stereocenters. The summed E-state index contributed by atoms with van der Waals surface area (Å²) in [7, 11) is 0. The zero-order valence-corrected chi connectivity index (χ0v) is 10.5. The van der Waals surface area contributed by atoms with Gasteiger partial charge < -0.3 is 10.3 Å². The van der Waals surface area contributed by atoms with Gasteiger partial charge in [0.15, 0.2) is 5.82 Å². The third-order valence-corrected chi connectivity index (χ3v) is 4.22. The van der Waals surface area contributed by atoms with E-state index in [2.05, 4.69) is 14.8 Å². The van der Waals surface area contributed by atoms with Crippen LogP contribution in [-0.4, -0.2) is 14.8 Å². The first-order valence-electron chi connectivity index (χ1n) is 6.09. The van der Waals surface area contributed by atoms with Gasteiger partial charge in [0.25, 0.3) is 0 Å². The normalized spacial score (nSPS) is 17.4. The number of anilines is 1. The quantitative estimate of drug-likeness (QED) is 0.888. The van der Waals surface area contributed by atoms with E-state index in [1.54, 1.807) is 11.3 Å². The predicted octanol–water partition coefficient (Wildman–Crippen LogP) is 3.09. The molecule has 2 heterocycles. The lowest BCUT2D eigenvalue weighted by Crippen LogP contribution is -2.13. The van der Waals surface area contributed by atoms with Gasteiger partial charge in [-0.1, -0.05) is 19.3 Å². The number of hydrogen-bond donors (Lipinski definition) is 1. The van der Waals surface area contributed by atoms with Crippen molar-refractivity contribution in [2.75, 3.05) is 5.73 Å². The molecule has 1 fully saturated rings. The first-order chi connectivity index (χ1) is 8.36. The van der Waals surface area contributed by atoms with Crippen molar-refractivity contribution >= 4 is 16.3 Å². The second kappa shape index (κ2) is 4.49. The Hall–Kier alpha value is -1.36. The van der Waals surface area contributed by atoms with Crippen molar-refractivity contribution in [3.8, 4) is 11.4 Å². The maximum absolute atomic E-state index is 5.97. The average molecular weight is 248 g/mol. The Morgan fingerprint density at radius 2 is 2.12 bits per heavy atom. The minimum atomic E-state index is 0.549. The van der Waals surface area contributed by atoms with Crippen LogP contribution >= 0.6 is 11.3 Å². The van der Waals surface area contributed by atoms with Crippen molar-refractivity contribution in [2.45, 2.75) is 38.1 Å². The van der Waals surface area contributed by atoms with Gasteiger partial charge in [0.05, 0.1) is 10.6 Å². The van der Waals surface area contributed by atoms with Gasteiger partial charge in [-0.2, -0.15) is 0 Å². The molecule has 4 nitrogen and oxygen atoms in total. The number of rotatable bonds is 2. The predicted molar refractivity (Wildman–Crippen MR) is 69.9 cm³/mol. The van der Waals surface area contributed by atoms with Crippen LogP contribution in [-0.2, 0) is 0 Å². The number of nitrogens with two attached hydrogens (primary N) is 1. The zero-order valence-electron chi connectivity index (χ0n) is 9.67. The summed E-state index contributed by atoms with van der Waals surface area (Å²) in [5, 5.41) is 11.1. The van der Waals surface area contributed by atoms with Gasteiger partial charge in [-0.15, -0.1) is 21.5 Å². The van der Waals surface area contributed by atoms with Gasteiger partial charge >= 0.3 is 0 Å². The van der Waals surface area contributed by atoms with E-state index in [9.17, 15) is 0 Å². The molecule has 0 aliphatic heterocycles. The van der Waals surface area contributed by atoms with E-state index < -0.39 is 0 Å². The lowest BCUT2D eigenvalue weighted by atomic mass is 9.95. The lowest BCUT2D eigenvalue weighted by molar-refractivity contribution is 0.355. The molecule has 0 amide bonds. The van der Waals surface area contributed by atoms with Gasteiger partial charge in [-0.05, 0) is 24.3 Å². The SMILES string of the molecule is Nc1sccc1-c1nncn1C1CCCCC1. The molecule has 0 bridgehead atoms. The molecule has 0 saturated heterocycles. The number of thiophene rings is 1. The Balaban J connectivity index is 1.96. The van der Waals surface area contributed by atoms with Crippen LogP contribution < -0.4 is 5.73 Å². The summed E-state index contributed by atoms with van der Waals surface area (Å²) < 4.78 is 2.21. The molecule has 1 aliphatic carbocycles. The highest BCUT2D eigenvalue weighted by atomic mass is 32.1. The van der Waals surface area contributed by atoms with E-state index in [4.69, 9.17) is 5.73 Å². The van der Waals surface area contributed by atoms with Crippen LogP contribution in [0.3, 0.4) is 0 Å². The van der Waals surface area contributed by atoms with E-state index in [-0.39, 0.29) is 0 Å². The maximum atomic E-state index is 5.97. The van der Waals surface area contributed by atoms with E-state index in [1.165, 1.54) is 32.1 Å². The summed E-state index contributed by atoms with van der Waals surface area (Å²) in [6, 6.07) is 2.58. The summed E-state index contributed by atoms with van der Waals surface area (Å²) in [5.41, 5.74) is 6.99. The Morgan fingerprint density at radius 3 is 2.82 bits per heavy atom. The molecule has 0 spiro atoms. The molecule has 2 aromatic rings. The molecule has 1 aliphatic rings. The fourth-order valence-electron chi connectivity index (χ4n) is 2.57. The monoisotopic (exact) mass is 248 g/mol. The maximum Gasteiger partial charge on any atom is 0.166 e. The summed E-state index contributed by atoms with van der Waals surface area (Å²) in [4.78, 5) is 0. The molecule has 90 valence electrons. The lowest BCUT2D eigenvalue weighted by Gasteiger charge is -2.23. The second-order valence-corrected chi connectivity index (χ2v) is 5.50. The first kappa shape index (κ1) is 10.8. The number of hydrogen-bond acceptors (Lipinski definition) is 4. The average Bonchev–Trinajstić information content (AvgIpc) is 2.98. The van der Waals surface area contributed by atoms with Crippen molar-refractivity contribution in [3.05, 3.63) is 17.8 Å². The van der Waals surface area contributed by atoms with Gasteiger partial charge in [-0.3, -0.25) is 0 Å². The summed E-state index contributed by atoms with van der Waals surface area (Å²) in [6.07, 6.45) is 8.28. The summed E-state index contributed by atoms with van der Waals surface area (Å²) in [5.74, 6) is 0.927. The molecule has 0 unspecified atom stereocenters. The van der Waals surface area contributed by atoms with Crippen molar-refractivity contribution < 1.29 is 0 Å². The highest BCUT2D eigenvalue weighted by Crippen LogP contribution is 2.34. The molecule has 0 radical (unpaired) electrons. The van der Waals surface area contributed by atoms with Gasteiger partial charge in [0, 0.05) is 6.04 Å². The van der Waals surface area contributed by atoms with Crippen LogP contribution in [0.2, 0.25) is 0 Å². The van der Waals surface area contributed by atoms with E-state index in [1.807, 2.05) is 17.8 Å². The minimum Gasteiger partial charge on any atom is -0.390 e. The summed E-state index contributed by atoms with van der Waals surface area (Å²) >= 11 is 1.55. The fraction of sp³-hybridized carbons (Fsp3) is 0.500. The third-order valence-electron chi connectivity index (χ3n) is 3.48. The highest BCUT2D eigenvalue weighted by Gasteiger charge is 2.20. The van der Waals surface area contributed by atoms with Crippen LogP contribution in [0.4, 0.5) is 5.00 Å². The van der Waals surface area contributed by atoms with Gasteiger partial charge in [0.2, 0.25) is 0 Å². The molecule has 5 heteroatoms. The number of aromatic nitrogens is 3. The Kier molecular flexibility index (Phi) is 2.84. The molecule has 2 N–H and O–H groups in total.